The number of unbranched alkanes of at least 4 members (excludes halogenated alkanes) is 1. The van der Waals surface area contributed by atoms with Crippen molar-refractivity contribution in [3.8, 4) is 11.5 Å². The normalized spacial score (nSPS) is 20.0. The largest absolute Gasteiger partial charge is 0.497 e. The number of hydrogen-bond acceptors (Lipinski definition) is 15. The third-order valence-corrected chi connectivity index (χ3v) is 12.7. The minimum absolute atomic E-state index is 0.0391. The number of rotatable bonds is 26. The van der Waals surface area contributed by atoms with Gasteiger partial charge < -0.3 is 48.1 Å². The summed E-state index contributed by atoms with van der Waals surface area (Å²) >= 11 is 0. The van der Waals surface area contributed by atoms with Crippen LogP contribution in [0.25, 0.3) is 0 Å². The Morgan fingerprint density at radius 3 is 2.38 bits per heavy atom. The first-order valence-corrected chi connectivity index (χ1v) is 22.8. The number of alkyl carbamates (subject to hydrolysis) is 1. The third kappa shape index (κ3) is 14.7. The molecule has 2 aromatic rings. The van der Waals surface area contributed by atoms with Crippen molar-refractivity contribution in [2.75, 3.05) is 72.8 Å². The van der Waals surface area contributed by atoms with Gasteiger partial charge in [-0.05, 0) is 74.1 Å². The zero-order valence-electron chi connectivity index (χ0n) is 33.9. The van der Waals surface area contributed by atoms with Gasteiger partial charge in [-0.25, -0.2) is 18.0 Å². The second kappa shape index (κ2) is 23.5. The van der Waals surface area contributed by atoms with E-state index in [1.54, 1.807) is 43.3 Å². The lowest BCUT2D eigenvalue weighted by molar-refractivity contribution is -0.145. The van der Waals surface area contributed by atoms with Crippen LogP contribution in [0.4, 0.5) is 4.79 Å². The number of ether oxygens (including phenoxy) is 7. The summed E-state index contributed by atoms with van der Waals surface area (Å²) in [6, 6.07) is 12.0. The van der Waals surface area contributed by atoms with Crippen molar-refractivity contribution < 1.29 is 69.9 Å². The van der Waals surface area contributed by atoms with Crippen molar-refractivity contribution in [2.45, 2.75) is 82.8 Å². The molecule has 0 spiro atoms. The molecule has 2 saturated heterocycles. The first-order chi connectivity index (χ1) is 27.8. The number of hydrogen-bond donors (Lipinski definition) is 2. The molecule has 19 heteroatoms. The van der Waals surface area contributed by atoms with Crippen LogP contribution < -0.4 is 14.8 Å². The SMILES string of the molecule is CCCCOP(=O)(COCCOc1ccc(C[C@H](NC(=O)O[C@H]2CO[C@H]3OCC[C@H]32)[C@H](O)CN(CC(C)C)S(=O)(=O)c2ccc(OC)cc2)cc1)OCC(=O)OCC. The lowest BCUT2D eigenvalue weighted by atomic mass is 10.0. The molecule has 2 aromatic carbocycles. The predicted molar refractivity (Wildman–Crippen MR) is 211 cm³/mol. The van der Waals surface area contributed by atoms with Crippen molar-refractivity contribution in [3.63, 3.8) is 0 Å². The molecule has 0 bridgehead atoms. The van der Waals surface area contributed by atoms with E-state index in [1.165, 1.54) is 23.5 Å². The number of aliphatic hydroxyl groups excluding tert-OH is 1. The highest BCUT2D eigenvalue weighted by molar-refractivity contribution is 7.89. The van der Waals surface area contributed by atoms with Crippen molar-refractivity contribution >= 4 is 29.7 Å². The molecule has 6 atom stereocenters. The minimum Gasteiger partial charge on any atom is -0.497 e. The molecule has 2 fully saturated rings. The molecule has 1 amide bonds. The summed E-state index contributed by atoms with van der Waals surface area (Å²) in [5, 5.41) is 14.5. The number of nitrogens with one attached hydrogen (secondary N) is 1. The molecule has 0 radical (unpaired) electrons. The van der Waals surface area contributed by atoms with Crippen molar-refractivity contribution in [3.05, 3.63) is 54.1 Å². The van der Waals surface area contributed by atoms with Gasteiger partial charge in [0.15, 0.2) is 12.9 Å². The lowest BCUT2D eigenvalue weighted by Crippen LogP contribution is -2.51. The molecule has 2 aliphatic rings. The van der Waals surface area contributed by atoms with Gasteiger partial charge in [0.2, 0.25) is 10.0 Å². The van der Waals surface area contributed by atoms with E-state index in [0.717, 1.165) is 6.42 Å². The second-order valence-electron chi connectivity index (χ2n) is 14.3. The molecule has 4 rings (SSSR count). The van der Waals surface area contributed by atoms with E-state index in [9.17, 15) is 27.7 Å². The molecule has 17 nitrogen and oxygen atoms in total. The molecule has 0 saturated carbocycles. The second-order valence-corrected chi connectivity index (χ2v) is 18.2. The smallest absolute Gasteiger partial charge is 0.407 e. The van der Waals surface area contributed by atoms with Crippen LogP contribution in [0, 0.1) is 11.8 Å². The zero-order valence-corrected chi connectivity index (χ0v) is 35.7. The standard InChI is InChI=1S/C39H59N2O15PS/c1-6-8-18-54-57(45,55-26-37(43)50-7-2)27-49-20-21-51-31-11-9-29(10-12-31)22-34(40-39(44)56-36-25-53-38-33(36)17-19-52-38)35(42)24-41(23-28(3)4)58(46,47)32-15-13-30(48-5)14-16-32/h9-16,28,33-36,38,42H,6-8,17-27H2,1-5H3,(H,40,44)/t33-,34-,35+,36-,38+,57?/m0/s1. The van der Waals surface area contributed by atoms with Crippen LogP contribution in [-0.2, 0) is 58.5 Å². The summed E-state index contributed by atoms with van der Waals surface area (Å²) in [5.41, 5.74) is 0.707. The monoisotopic (exact) mass is 858 g/mol. The maximum absolute atomic E-state index is 13.9. The average molecular weight is 859 g/mol. The minimum atomic E-state index is -4.05. The first-order valence-electron chi connectivity index (χ1n) is 19.6. The number of aliphatic hydroxyl groups is 1. The van der Waals surface area contributed by atoms with Crippen LogP contribution >= 0.6 is 7.60 Å². The maximum Gasteiger partial charge on any atom is 0.407 e. The van der Waals surface area contributed by atoms with Crippen LogP contribution in [-0.4, -0.2) is 127 Å². The Kier molecular flexibility index (Phi) is 19.2. The Labute approximate surface area is 341 Å². The molecular formula is C39H59N2O15PS. The van der Waals surface area contributed by atoms with Gasteiger partial charge in [-0.3, -0.25) is 9.09 Å². The quantitative estimate of drug-likeness (QED) is 0.0745. The number of sulfonamides is 1. The van der Waals surface area contributed by atoms with Crippen LogP contribution in [0.2, 0.25) is 0 Å². The average Bonchev–Trinajstić information content (AvgIpc) is 3.82. The number of fused-ring (bicyclic) bond motifs is 1. The molecule has 0 aliphatic carbocycles. The highest BCUT2D eigenvalue weighted by atomic mass is 32.2. The molecule has 1 unspecified atom stereocenters. The summed E-state index contributed by atoms with van der Waals surface area (Å²) in [5.74, 6) is 0.149. The Hall–Kier alpha value is -3.32. The van der Waals surface area contributed by atoms with E-state index in [0.29, 0.717) is 36.5 Å². The number of esters is 1. The van der Waals surface area contributed by atoms with Gasteiger partial charge >= 0.3 is 19.7 Å². The van der Waals surface area contributed by atoms with E-state index < -0.39 is 60.8 Å². The highest BCUT2D eigenvalue weighted by Crippen LogP contribution is 2.48. The number of carbonyl (C=O) groups is 2. The Balaban J connectivity index is 1.40. The van der Waals surface area contributed by atoms with Gasteiger partial charge in [0.1, 0.15) is 30.6 Å². The molecule has 2 N–H and O–H groups in total. The van der Waals surface area contributed by atoms with Gasteiger partial charge in [-0.2, -0.15) is 4.31 Å². The first kappa shape index (κ1) is 47.4. The summed E-state index contributed by atoms with van der Waals surface area (Å²) in [7, 11) is -6.29. The van der Waals surface area contributed by atoms with Gasteiger partial charge in [0.25, 0.3) is 0 Å². The zero-order chi connectivity index (χ0) is 42.1. The fourth-order valence-electron chi connectivity index (χ4n) is 6.25. The Bertz CT molecular complexity index is 1710. The fourth-order valence-corrected chi connectivity index (χ4v) is 9.16. The van der Waals surface area contributed by atoms with E-state index in [-0.39, 0.29) is 75.6 Å². The molecule has 326 valence electrons. The summed E-state index contributed by atoms with van der Waals surface area (Å²) in [6.45, 7) is 7.80. The van der Waals surface area contributed by atoms with Gasteiger partial charge in [0.05, 0.1) is 63.1 Å². The van der Waals surface area contributed by atoms with Crippen molar-refractivity contribution in [2.24, 2.45) is 11.8 Å². The molecular weight excluding hydrogens is 799 g/mol. The van der Waals surface area contributed by atoms with Crippen molar-refractivity contribution in [1.29, 1.82) is 0 Å². The van der Waals surface area contributed by atoms with Crippen LogP contribution in [0.5, 0.6) is 11.5 Å². The number of amides is 1. The van der Waals surface area contributed by atoms with Gasteiger partial charge in [-0.1, -0.05) is 39.3 Å². The molecule has 0 aromatic heterocycles. The van der Waals surface area contributed by atoms with Gasteiger partial charge in [-0.15, -0.1) is 0 Å². The summed E-state index contributed by atoms with van der Waals surface area (Å²) in [4.78, 5) is 25.1. The summed E-state index contributed by atoms with van der Waals surface area (Å²) in [6.07, 6.45) is -1.19. The van der Waals surface area contributed by atoms with Crippen LogP contribution in [0.1, 0.15) is 52.5 Å². The summed E-state index contributed by atoms with van der Waals surface area (Å²) < 4.78 is 91.0. The third-order valence-electron chi connectivity index (χ3n) is 9.26. The van der Waals surface area contributed by atoms with E-state index in [2.05, 4.69) is 5.32 Å². The Morgan fingerprint density at radius 2 is 1.71 bits per heavy atom. The molecule has 2 heterocycles. The van der Waals surface area contributed by atoms with Gasteiger partial charge in [0, 0.05) is 13.1 Å². The highest BCUT2D eigenvalue weighted by Gasteiger charge is 2.44. The molecule has 2 aliphatic heterocycles. The number of methoxy groups -OCH3 is 1. The van der Waals surface area contributed by atoms with E-state index in [4.69, 9.17) is 42.2 Å². The number of nitrogens with zero attached hydrogens (tertiary/aromatic N) is 1. The van der Waals surface area contributed by atoms with Crippen LogP contribution in [0.3, 0.4) is 0 Å². The fraction of sp³-hybridized carbons (Fsp3) is 0.641. The molecule has 58 heavy (non-hydrogen) atoms. The lowest BCUT2D eigenvalue weighted by Gasteiger charge is -2.31. The number of carbonyl (C=O) groups excluding carboxylic acids is 2. The Morgan fingerprint density at radius 1 is 0.983 bits per heavy atom. The topological polar surface area (TPSA) is 204 Å². The maximum atomic E-state index is 13.9. The van der Waals surface area contributed by atoms with E-state index in [1.807, 2.05) is 20.8 Å². The number of benzene rings is 2. The van der Waals surface area contributed by atoms with Crippen molar-refractivity contribution in [1.82, 2.24) is 9.62 Å². The predicted octanol–water partition coefficient (Wildman–Crippen LogP) is 4.74. The van der Waals surface area contributed by atoms with Crippen LogP contribution in [0.15, 0.2) is 53.4 Å². The van der Waals surface area contributed by atoms with E-state index >= 15 is 0 Å².